The molecule has 22 heavy (non-hydrogen) atoms. The Balaban J connectivity index is 2.19. The van der Waals surface area contributed by atoms with Crippen LogP contribution in [0.5, 0.6) is 0 Å². The molecule has 0 atom stereocenters. The Morgan fingerprint density at radius 1 is 1.36 bits per heavy atom. The molecule has 0 radical (unpaired) electrons. The molecule has 0 unspecified atom stereocenters. The summed E-state index contributed by atoms with van der Waals surface area (Å²) < 4.78 is 19.2. The molecule has 0 aliphatic rings. The molecular weight excluding hydrogens is 285 g/mol. The number of fused-ring (bicyclic) bond motifs is 1. The van der Waals surface area contributed by atoms with Crippen molar-refractivity contribution in [3.63, 3.8) is 0 Å². The normalized spacial score (nSPS) is 10.6. The summed E-state index contributed by atoms with van der Waals surface area (Å²) in [5.41, 5.74) is 2.75. The van der Waals surface area contributed by atoms with Gasteiger partial charge in [-0.3, -0.25) is 0 Å². The number of halogens is 1. The zero-order valence-electron chi connectivity index (χ0n) is 11.8. The van der Waals surface area contributed by atoms with E-state index >= 15 is 0 Å². The molecule has 0 saturated carbocycles. The first kappa shape index (κ1) is 13.9. The monoisotopic (exact) mass is 297 g/mol. The fourth-order valence-electron chi connectivity index (χ4n) is 2.12. The van der Waals surface area contributed by atoms with Crippen molar-refractivity contribution in [2.24, 2.45) is 0 Å². The number of rotatable bonds is 3. The lowest BCUT2D eigenvalue weighted by molar-refractivity contribution is 0.0595. The van der Waals surface area contributed by atoms with E-state index in [-0.39, 0.29) is 11.5 Å². The average molecular weight is 297 g/mol. The van der Waals surface area contributed by atoms with Crippen LogP contribution in [-0.4, -0.2) is 27.7 Å². The maximum atomic E-state index is 13.0. The van der Waals surface area contributed by atoms with Crippen molar-refractivity contribution >= 4 is 17.7 Å². The van der Waals surface area contributed by atoms with E-state index in [4.69, 9.17) is 0 Å². The van der Waals surface area contributed by atoms with Gasteiger partial charge in [-0.05, 0) is 30.3 Å². The Labute approximate surface area is 125 Å². The van der Waals surface area contributed by atoms with Crippen LogP contribution >= 0.6 is 0 Å². The Morgan fingerprint density at radius 3 is 2.73 bits per heavy atom. The quantitative estimate of drug-likeness (QED) is 0.697. The van der Waals surface area contributed by atoms with Crippen LogP contribution in [-0.2, 0) is 4.74 Å². The molecule has 3 rings (SSSR count). The highest BCUT2D eigenvalue weighted by Crippen LogP contribution is 2.22. The van der Waals surface area contributed by atoms with Crippen LogP contribution in [0.25, 0.3) is 23.0 Å². The van der Waals surface area contributed by atoms with Crippen LogP contribution in [0.2, 0.25) is 0 Å². The lowest BCUT2D eigenvalue weighted by Crippen LogP contribution is -2.00. The Hall–Kier alpha value is -3.02. The van der Waals surface area contributed by atoms with E-state index < -0.39 is 5.97 Å². The van der Waals surface area contributed by atoms with E-state index in [1.165, 1.54) is 30.0 Å². The standard InChI is InChI=1S/C16H12FN3O2/c1-3-10-8-13(11-4-6-12(17)7-5-11)19-20-9-14(16(21)22-2)18-15(10)20/h3-9H,1H2,2H3. The molecule has 0 aliphatic heterocycles. The summed E-state index contributed by atoms with van der Waals surface area (Å²) in [6.07, 6.45) is 3.11. The van der Waals surface area contributed by atoms with Gasteiger partial charge in [0.2, 0.25) is 0 Å². The van der Waals surface area contributed by atoms with Gasteiger partial charge in [0, 0.05) is 11.1 Å². The van der Waals surface area contributed by atoms with Crippen LogP contribution in [0.3, 0.4) is 0 Å². The molecule has 0 N–H and O–H groups in total. The van der Waals surface area contributed by atoms with Gasteiger partial charge in [-0.1, -0.05) is 12.7 Å². The number of hydrogen-bond donors (Lipinski definition) is 0. The summed E-state index contributed by atoms with van der Waals surface area (Å²) in [7, 11) is 1.29. The number of benzene rings is 1. The van der Waals surface area contributed by atoms with Crippen LogP contribution in [0, 0.1) is 5.82 Å². The van der Waals surface area contributed by atoms with Crippen LogP contribution in [0.4, 0.5) is 4.39 Å². The van der Waals surface area contributed by atoms with Crippen LogP contribution in [0.15, 0.2) is 43.1 Å². The smallest absolute Gasteiger partial charge is 0.358 e. The first-order chi connectivity index (χ1) is 10.6. The minimum atomic E-state index is -0.538. The highest BCUT2D eigenvalue weighted by molar-refractivity contribution is 5.88. The van der Waals surface area contributed by atoms with E-state index in [1.54, 1.807) is 24.3 Å². The van der Waals surface area contributed by atoms with Gasteiger partial charge in [0.05, 0.1) is 19.0 Å². The van der Waals surface area contributed by atoms with E-state index in [0.717, 1.165) is 5.56 Å². The lowest BCUT2D eigenvalue weighted by atomic mass is 10.1. The summed E-state index contributed by atoms with van der Waals surface area (Å²) in [4.78, 5) is 15.8. The third kappa shape index (κ3) is 2.35. The molecular formula is C16H12FN3O2. The second-order valence-electron chi connectivity index (χ2n) is 4.58. The van der Waals surface area contributed by atoms with Gasteiger partial charge in [-0.15, -0.1) is 0 Å². The van der Waals surface area contributed by atoms with Crippen molar-refractivity contribution in [1.29, 1.82) is 0 Å². The van der Waals surface area contributed by atoms with Gasteiger partial charge in [0.15, 0.2) is 11.3 Å². The Morgan fingerprint density at radius 2 is 2.09 bits per heavy atom. The Bertz CT molecular complexity index is 869. The molecule has 0 amide bonds. The zero-order valence-corrected chi connectivity index (χ0v) is 11.8. The summed E-state index contributed by atoms with van der Waals surface area (Å²) in [5, 5.41) is 4.40. The molecule has 0 saturated heterocycles. The fraction of sp³-hybridized carbons (Fsp3) is 0.0625. The van der Waals surface area contributed by atoms with Gasteiger partial charge in [-0.25, -0.2) is 18.7 Å². The lowest BCUT2D eigenvalue weighted by Gasteiger charge is -2.04. The second kappa shape index (κ2) is 5.40. The van der Waals surface area contributed by atoms with E-state index in [2.05, 4.69) is 21.4 Å². The fourth-order valence-corrected chi connectivity index (χ4v) is 2.12. The topological polar surface area (TPSA) is 56.5 Å². The molecule has 0 fully saturated rings. The SMILES string of the molecule is C=Cc1cc(-c2ccc(F)cc2)nn2cc(C(=O)OC)nc12. The van der Waals surface area contributed by atoms with Gasteiger partial charge >= 0.3 is 5.97 Å². The molecule has 0 spiro atoms. The van der Waals surface area contributed by atoms with Gasteiger partial charge < -0.3 is 4.74 Å². The predicted molar refractivity (Wildman–Crippen MR) is 79.8 cm³/mol. The highest BCUT2D eigenvalue weighted by atomic mass is 19.1. The molecule has 2 heterocycles. The van der Waals surface area contributed by atoms with Crippen molar-refractivity contribution in [3.05, 3.63) is 60.2 Å². The third-order valence-electron chi connectivity index (χ3n) is 3.21. The summed E-state index contributed by atoms with van der Waals surface area (Å²) in [6.45, 7) is 3.75. The van der Waals surface area contributed by atoms with Crippen molar-refractivity contribution in [1.82, 2.24) is 14.6 Å². The number of nitrogens with zero attached hydrogens (tertiary/aromatic N) is 3. The van der Waals surface area contributed by atoms with Crippen molar-refractivity contribution in [2.45, 2.75) is 0 Å². The molecule has 0 aliphatic carbocycles. The largest absolute Gasteiger partial charge is 0.464 e. The molecule has 6 heteroatoms. The molecule has 0 bridgehead atoms. The first-order valence-electron chi connectivity index (χ1n) is 6.49. The maximum absolute atomic E-state index is 13.0. The average Bonchev–Trinajstić information content (AvgIpc) is 2.97. The number of esters is 1. The summed E-state index contributed by atoms with van der Waals surface area (Å²) in [6, 6.07) is 7.78. The molecule has 1 aromatic carbocycles. The number of hydrogen-bond acceptors (Lipinski definition) is 4. The van der Waals surface area contributed by atoms with Gasteiger partial charge in [-0.2, -0.15) is 5.10 Å². The number of carbonyl (C=O) groups is 1. The number of aromatic nitrogens is 3. The molecule has 5 nitrogen and oxygen atoms in total. The number of imidazole rings is 1. The molecule has 110 valence electrons. The molecule has 2 aromatic heterocycles. The number of ether oxygens (including phenoxy) is 1. The van der Waals surface area contributed by atoms with Crippen molar-refractivity contribution in [3.8, 4) is 11.3 Å². The van der Waals surface area contributed by atoms with E-state index in [9.17, 15) is 9.18 Å². The first-order valence-corrected chi connectivity index (χ1v) is 6.49. The molecule has 3 aromatic rings. The maximum Gasteiger partial charge on any atom is 0.358 e. The van der Waals surface area contributed by atoms with Crippen molar-refractivity contribution in [2.75, 3.05) is 7.11 Å². The van der Waals surface area contributed by atoms with E-state index in [1.807, 2.05) is 0 Å². The van der Waals surface area contributed by atoms with Gasteiger partial charge in [0.25, 0.3) is 0 Å². The zero-order chi connectivity index (χ0) is 15.7. The van der Waals surface area contributed by atoms with Crippen LogP contribution < -0.4 is 0 Å². The summed E-state index contributed by atoms with van der Waals surface area (Å²) in [5.74, 6) is -0.853. The second-order valence-corrected chi connectivity index (χ2v) is 4.58. The minimum Gasteiger partial charge on any atom is -0.464 e. The van der Waals surface area contributed by atoms with Crippen molar-refractivity contribution < 1.29 is 13.9 Å². The third-order valence-corrected chi connectivity index (χ3v) is 3.21. The van der Waals surface area contributed by atoms with E-state index in [0.29, 0.717) is 16.9 Å². The predicted octanol–water partition coefficient (Wildman–Crippen LogP) is 2.97. The minimum absolute atomic E-state index is 0.161. The highest BCUT2D eigenvalue weighted by Gasteiger charge is 2.14. The number of methoxy groups -OCH3 is 1. The Kier molecular flexibility index (Phi) is 3.42. The summed E-state index contributed by atoms with van der Waals surface area (Å²) >= 11 is 0. The van der Waals surface area contributed by atoms with Crippen LogP contribution in [0.1, 0.15) is 16.1 Å². The number of carbonyl (C=O) groups excluding carboxylic acids is 1. The van der Waals surface area contributed by atoms with Gasteiger partial charge in [0.1, 0.15) is 5.82 Å².